The lowest BCUT2D eigenvalue weighted by molar-refractivity contribution is -0.146. The molecule has 1 aliphatic rings. The lowest BCUT2D eigenvalue weighted by atomic mass is 9.78. The van der Waals surface area contributed by atoms with Crippen LogP contribution in [0.2, 0.25) is 0 Å². The van der Waals surface area contributed by atoms with Crippen LogP contribution in [0.3, 0.4) is 0 Å². The Morgan fingerprint density at radius 1 is 1.45 bits per heavy atom. The van der Waals surface area contributed by atoms with Gasteiger partial charge in [-0.25, -0.2) is 0 Å². The molecule has 1 aromatic rings. The van der Waals surface area contributed by atoms with E-state index in [-0.39, 0.29) is 24.5 Å². The third-order valence-corrected chi connectivity index (χ3v) is 3.91. The van der Waals surface area contributed by atoms with Gasteiger partial charge in [-0.2, -0.15) is 18.2 Å². The molecule has 0 unspecified atom stereocenters. The van der Waals surface area contributed by atoms with Gasteiger partial charge < -0.3 is 9.63 Å². The summed E-state index contributed by atoms with van der Waals surface area (Å²) in [6.07, 6.45) is -1.93. The molecule has 114 valence electrons. The maximum absolute atomic E-state index is 12.4. The SMILES string of the molecule is CC[C@]1(CO)CCCN(Cc2nc(C(F)(F)F)no2)C1. The van der Waals surface area contributed by atoms with Gasteiger partial charge in [-0.1, -0.05) is 12.1 Å². The second kappa shape index (κ2) is 5.69. The summed E-state index contributed by atoms with van der Waals surface area (Å²) >= 11 is 0. The molecule has 5 nitrogen and oxygen atoms in total. The Balaban J connectivity index is 2.01. The predicted molar refractivity (Wildman–Crippen MR) is 63.6 cm³/mol. The van der Waals surface area contributed by atoms with Crippen LogP contribution in [0, 0.1) is 5.41 Å². The number of rotatable bonds is 4. The second-order valence-electron chi connectivity index (χ2n) is 5.34. The molecule has 2 rings (SSSR count). The Kier molecular flexibility index (Phi) is 4.33. The van der Waals surface area contributed by atoms with E-state index in [4.69, 9.17) is 0 Å². The Hall–Kier alpha value is -1.15. The largest absolute Gasteiger partial charge is 0.455 e. The molecule has 0 saturated carbocycles. The summed E-state index contributed by atoms with van der Waals surface area (Å²) in [4.78, 5) is 5.32. The van der Waals surface area contributed by atoms with E-state index in [2.05, 4.69) is 14.7 Å². The van der Waals surface area contributed by atoms with Gasteiger partial charge in [-0.15, -0.1) is 0 Å². The molecule has 0 spiro atoms. The molecular formula is C12H18F3N3O2. The summed E-state index contributed by atoms with van der Waals surface area (Å²) < 4.78 is 41.8. The van der Waals surface area contributed by atoms with Crippen LogP contribution >= 0.6 is 0 Å². The predicted octanol–water partition coefficient (Wildman–Crippen LogP) is 2.07. The van der Waals surface area contributed by atoms with E-state index in [0.29, 0.717) is 6.54 Å². The normalized spacial score (nSPS) is 25.1. The number of aromatic nitrogens is 2. The smallest absolute Gasteiger partial charge is 0.396 e. The third kappa shape index (κ3) is 3.29. The minimum Gasteiger partial charge on any atom is -0.396 e. The van der Waals surface area contributed by atoms with Crippen LogP contribution in [0.5, 0.6) is 0 Å². The third-order valence-electron chi connectivity index (χ3n) is 3.91. The molecule has 0 amide bonds. The van der Waals surface area contributed by atoms with Crippen LogP contribution in [0.4, 0.5) is 13.2 Å². The van der Waals surface area contributed by atoms with Crippen molar-refractivity contribution in [2.45, 2.75) is 38.9 Å². The lowest BCUT2D eigenvalue weighted by Gasteiger charge is -2.40. The van der Waals surface area contributed by atoms with Crippen molar-refractivity contribution in [2.24, 2.45) is 5.41 Å². The molecule has 1 N–H and O–H groups in total. The van der Waals surface area contributed by atoms with Gasteiger partial charge in [-0.3, -0.25) is 4.90 Å². The van der Waals surface area contributed by atoms with Crippen molar-refractivity contribution < 1.29 is 22.8 Å². The molecule has 1 saturated heterocycles. The van der Waals surface area contributed by atoms with Gasteiger partial charge in [0.15, 0.2) is 0 Å². The molecule has 1 aliphatic heterocycles. The standard InChI is InChI=1S/C12H18F3N3O2/c1-2-11(8-19)4-3-5-18(7-11)6-9-16-10(17-20-9)12(13,14)15/h19H,2-8H2,1H3/t11-/m0/s1. The van der Waals surface area contributed by atoms with E-state index in [1.807, 2.05) is 11.8 Å². The fourth-order valence-electron chi connectivity index (χ4n) is 2.60. The molecule has 1 aromatic heterocycles. The number of halogens is 3. The Morgan fingerprint density at radius 2 is 2.20 bits per heavy atom. The number of alkyl halides is 3. The summed E-state index contributed by atoms with van der Waals surface area (Å²) in [6, 6.07) is 0. The maximum Gasteiger partial charge on any atom is 0.455 e. The Morgan fingerprint density at radius 3 is 2.75 bits per heavy atom. The van der Waals surface area contributed by atoms with Crippen molar-refractivity contribution in [1.29, 1.82) is 0 Å². The number of piperidine rings is 1. The number of likely N-dealkylation sites (tertiary alicyclic amines) is 1. The fourth-order valence-corrected chi connectivity index (χ4v) is 2.60. The minimum atomic E-state index is -4.58. The highest BCUT2D eigenvalue weighted by molar-refractivity contribution is 4.93. The summed E-state index contributed by atoms with van der Waals surface area (Å²) in [7, 11) is 0. The first-order valence-corrected chi connectivity index (χ1v) is 6.61. The number of hydrogen-bond donors (Lipinski definition) is 1. The average Bonchev–Trinajstić information content (AvgIpc) is 2.87. The highest BCUT2D eigenvalue weighted by Gasteiger charge is 2.38. The van der Waals surface area contributed by atoms with Crippen LogP contribution in [0.15, 0.2) is 4.52 Å². The number of hydrogen-bond acceptors (Lipinski definition) is 5. The van der Waals surface area contributed by atoms with Crippen molar-refractivity contribution in [1.82, 2.24) is 15.0 Å². The summed E-state index contributed by atoms with van der Waals surface area (Å²) in [6.45, 7) is 3.66. The molecule has 8 heteroatoms. The number of aliphatic hydroxyl groups is 1. The van der Waals surface area contributed by atoms with Gasteiger partial charge in [-0.05, 0) is 25.8 Å². The maximum atomic E-state index is 12.4. The molecule has 0 aromatic carbocycles. The van der Waals surface area contributed by atoms with E-state index in [1.54, 1.807) is 0 Å². The van der Waals surface area contributed by atoms with Crippen molar-refractivity contribution >= 4 is 0 Å². The molecule has 0 aliphatic carbocycles. The van der Waals surface area contributed by atoms with Gasteiger partial charge in [0.1, 0.15) is 0 Å². The van der Waals surface area contributed by atoms with E-state index < -0.39 is 12.0 Å². The molecule has 1 fully saturated rings. The van der Waals surface area contributed by atoms with Gasteiger partial charge >= 0.3 is 6.18 Å². The van der Waals surface area contributed by atoms with Crippen LogP contribution in [0.25, 0.3) is 0 Å². The topological polar surface area (TPSA) is 62.4 Å². The van der Waals surface area contributed by atoms with E-state index in [9.17, 15) is 18.3 Å². The van der Waals surface area contributed by atoms with Crippen molar-refractivity contribution in [2.75, 3.05) is 19.7 Å². The first-order chi connectivity index (χ1) is 9.38. The zero-order valence-electron chi connectivity index (χ0n) is 11.3. The number of aliphatic hydroxyl groups excluding tert-OH is 1. The van der Waals surface area contributed by atoms with E-state index in [1.165, 1.54) is 0 Å². The number of nitrogens with zero attached hydrogens (tertiary/aromatic N) is 3. The molecular weight excluding hydrogens is 275 g/mol. The zero-order valence-corrected chi connectivity index (χ0v) is 11.3. The van der Waals surface area contributed by atoms with Crippen molar-refractivity contribution in [3.8, 4) is 0 Å². The van der Waals surface area contributed by atoms with Gasteiger partial charge in [0, 0.05) is 18.6 Å². The van der Waals surface area contributed by atoms with Crippen LogP contribution in [-0.4, -0.2) is 39.8 Å². The van der Waals surface area contributed by atoms with E-state index >= 15 is 0 Å². The van der Waals surface area contributed by atoms with E-state index in [0.717, 1.165) is 25.8 Å². The second-order valence-corrected chi connectivity index (χ2v) is 5.34. The van der Waals surface area contributed by atoms with Crippen LogP contribution < -0.4 is 0 Å². The average molecular weight is 293 g/mol. The first kappa shape index (κ1) is 15.2. The minimum absolute atomic E-state index is 0.0397. The van der Waals surface area contributed by atoms with Crippen LogP contribution in [0.1, 0.15) is 37.9 Å². The first-order valence-electron chi connectivity index (χ1n) is 6.61. The van der Waals surface area contributed by atoms with Gasteiger partial charge in [0.25, 0.3) is 5.82 Å². The Labute approximate surface area is 114 Å². The van der Waals surface area contributed by atoms with Gasteiger partial charge in [0.05, 0.1) is 6.54 Å². The molecule has 2 heterocycles. The van der Waals surface area contributed by atoms with Gasteiger partial charge in [0.2, 0.25) is 5.89 Å². The zero-order chi connectivity index (χ0) is 14.8. The quantitative estimate of drug-likeness (QED) is 0.921. The van der Waals surface area contributed by atoms with Crippen molar-refractivity contribution in [3.63, 3.8) is 0 Å². The highest BCUT2D eigenvalue weighted by Crippen LogP contribution is 2.33. The van der Waals surface area contributed by atoms with Crippen molar-refractivity contribution in [3.05, 3.63) is 11.7 Å². The summed E-state index contributed by atoms with van der Waals surface area (Å²) in [5.74, 6) is -1.28. The summed E-state index contributed by atoms with van der Waals surface area (Å²) in [5.41, 5.74) is -0.175. The Bertz CT molecular complexity index is 443. The molecule has 1 atom stereocenters. The fraction of sp³-hybridized carbons (Fsp3) is 0.833. The lowest BCUT2D eigenvalue weighted by Crippen LogP contribution is -2.44. The molecule has 0 radical (unpaired) electrons. The molecule has 0 bridgehead atoms. The summed E-state index contributed by atoms with van der Waals surface area (Å²) in [5, 5.41) is 12.5. The highest BCUT2D eigenvalue weighted by atomic mass is 19.4. The monoisotopic (exact) mass is 293 g/mol. The molecule has 20 heavy (non-hydrogen) atoms. The van der Waals surface area contributed by atoms with Crippen LogP contribution in [-0.2, 0) is 12.7 Å².